The molecule has 0 aliphatic carbocycles. The zero-order valence-electron chi connectivity index (χ0n) is 19.0. The topological polar surface area (TPSA) is 66.8 Å². The van der Waals surface area contributed by atoms with Gasteiger partial charge < -0.3 is 9.55 Å². The SMILES string of the molecule is CC[C@H](c1nnc(SCC(=O)c2c(C)[nH]c3ccccc23)n1Cc1ccccc1)N(C)C. The van der Waals surface area contributed by atoms with Crippen LogP contribution in [0.5, 0.6) is 0 Å². The van der Waals surface area contributed by atoms with Crippen LogP contribution in [0.3, 0.4) is 0 Å². The van der Waals surface area contributed by atoms with Gasteiger partial charge in [0.25, 0.3) is 0 Å². The summed E-state index contributed by atoms with van der Waals surface area (Å²) in [5.74, 6) is 1.34. The molecule has 166 valence electrons. The number of carbonyl (C=O) groups is 1. The van der Waals surface area contributed by atoms with Crippen molar-refractivity contribution in [2.45, 2.75) is 38.0 Å². The number of benzene rings is 2. The van der Waals surface area contributed by atoms with E-state index in [1.54, 1.807) is 0 Å². The van der Waals surface area contributed by atoms with Gasteiger partial charge in [-0.25, -0.2) is 0 Å². The van der Waals surface area contributed by atoms with Crippen LogP contribution in [0.25, 0.3) is 10.9 Å². The summed E-state index contributed by atoms with van der Waals surface area (Å²) in [6.07, 6.45) is 0.929. The van der Waals surface area contributed by atoms with Crippen LogP contribution >= 0.6 is 11.8 Å². The minimum atomic E-state index is 0.0976. The Kier molecular flexibility index (Phi) is 6.77. The summed E-state index contributed by atoms with van der Waals surface area (Å²) in [5.41, 5.74) is 3.84. The number of hydrogen-bond acceptors (Lipinski definition) is 5. The van der Waals surface area contributed by atoms with Crippen molar-refractivity contribution in [3.8, 4) is 0 Å². The molecule has 0 amide bonds. The van der Waals surface area contributed by atoms with Crippen molar-refractivity contribution in [1.82, 2.24) is 24.6 Å². The Labute approximate surface area is 193 Å². The molecule has 6 nitrogen and oxygen atoms in total. The summed E-state index contributed by atoms with van der Waals surface area (Å²) in [5, 5.41) is 10.8. The quantitative estimate of drug-likeness (QED) is 0.285. The average Bonchev–Trinajstić information content (AvgIpc) is 3.33. The fourth-order valence-electron chi connectivity index (χ4n) is 4.18. The van der Waals surface area contributed by atoms with Crippen molar-refractivity contribution in [1.29, 1.82) is 0 Å². The van der Waals surface area contributed by atoms with Crippen LogP contribution in [0.2, 0.25) is 0 Å². The van der Waals surface area contributed by atoms with Crippen molar-refractivity contribution in [3.05, 3.63) is 77.2 Å². The average molecular weight is 448 g/mol. The molecule has 1 N–H and O–H groups in total. The zero-order valence-corrected chi connectivity index (χ0v) is 19.8. The molecule has 0 spiro atoms. The molecular formula is C25H29N5OS. The number of nitrogens with zero attached hydrogens (tertiary/aromatic N) is 4. The standard InChI is InChI=1S/C25H29N5OS/c1-5-21(29(3)4)24-27-28-25(30(24)15-18-11-7-6-8-12-18)32-16-22(31)23-17(2)26-20-14-10-9-13-19(20)23/h6-14,21,26H,5,15-16H2,1-4H3/t21-/m1/s1. The number of H-pyrrole nitrogens is 1. The van der Waals surface area contributed by atoms with E-state index in [0.717, 1.165) is 39.6 Å². The van der Waals surface area contributed by atoms with Crippen molar-refractivity contribution in [2.75, 3.05) is 19.8 Å². The molecule has 4 rings (SSSR count). The van der Waals surface area contributed by atoms with E-state index in [4.69, 9.17) is 0 Å². The van der Waals surface area contributed by atoms with Crippen LogP contribution in [-0.2, 0) is 6.54 Å². The number of Topliss-reactive ketones (excluding diaryl/α,β-unsaturated/α-hetero) is 1. The number of thioether (sulfide) groups is 1. The van der Waals surface area contributed by atoms with E-state index >= 15 is 0 Å². The maximum absolute atomic E-state index is 13.2. The van der Waals surface area contributed by atoms with Gasteiger partial charge >= 0.3 is 0 Å². The Hall–Kier alpha value is -2.90. The second-order valence-corrected chi connectivity index (χ2v) is 9.13. The Morgan fingerprint density at radius 3 is 2.53 bits per heavy atom. The highest BCUT2D eigenvalue weighted by Crippen LogP contribution is 2.28. The lowest BCUT2D eigenvalue weighted by Gasteiger charge is -2.23. The van der Waals surface area contributed by atoms with Gasteiger partial charge in [0.2, 0.25) is 0 Å². The molecule has 0 fully saturated rings. The summed E-state index contributed by atoms with van der Waals surface area (Å²) in [6, 6.07) is 18.4. The molecule has 0 aliphatic rings. The predicted octanol–water partition coefficient (Wildman–Crippen LogP) is 5.10. The lowest BCUT2D eigenvalue weighted by Crippen LogP contribution is -2.23. The first-order valence-electron chi connectivity index (χ1n) is 10.9. The number of nitrogens with one attached hydrogen (secondary N) is 1. The van der Waals surface area contributed by atoms with Crippen molar-refractivity contribution >= 4 is 28.4 Å². The number of fused-ring (bicyclic) bond motifs is 1. The maximum atomic E-state index is 13.2. The predicted molar refractivity (Wildman–Crippen MR) is 130 cm³/mol. The minimum absolute atomic E-state index is 0.0976. The minimum Gasteiger partial charge on any atom is -0.358 e. The van der Waals surface area contributed by atoms with E-state index in [1.165, 1.54) is 17.3 Å². The molecule has 0 saturated heterocycles. The summed E-state index contributed by atoms with van der Waals surface area (Å²) in [7, 11) is 4.12. The molecule has 0 unspecified atom stereocenters. The van der Waals surface area contributed by atoms with E-state index in [1.807, 2.05) is 49.4 Å². The number of para-hydroxylation sites is 1. The molecule has 0 bridgehead atoms. The molecular weight excluding hydrogens is 418 g/mol. The smallest absolute Gasteiger partial charge is 0.192 e. The normalized spacial score (nSPS) is 12.5. The fourth-order valence-corrected chi connectivity index (χ4v) is 5.00. The van der Waals surface area contributed by atoms with Crippen LogP contribution in [0.4, 0.5) is 0 Å². The molecule has 0 aliphatic heterocycles. The first-order valence-corrected chi connectivity index (χ1v) is 11.8. The zero-order chi connectivity index (χ0) is 22.7. The number of hydrogen-bond donors (Lipinski definition) is 1. The lowest BCUT2D eigenvalue weighted by molar-refractivity contribution is 0.102. The molecule has 7 heteroatoms. The van der Waals surface area contributed by atoms with Crippen LogP contribution in [0, 0.1) is 6.92 Å². The van der Waals surface area contributed by atoms with Gasteiger partial charge in [-0.15, -0.1) is 10.2 Å². The number of aryl methyl sites for hydroxylation is 1. The largest absolute Gasteiger partial charge is 0.358 e. The first kappa shape index (κ1) is 22.3. The van der Waals surface area contributed by atoms with Gasteiger partial charge in [0.15, 0.2) is 16.8 Å². The van der Waals surface area contributed by atoms with Crippen molar-refractivity contribution in [3.63, 3.8) is 0 Å². The summed E-state index contributed by atoms with van der Waals surface area (Å²) >= 11 is 1.46. The Morgan fingerprint density at radius 2 is 1.81 bits per heavy atom. The van der Waals surface area contributed by atoms with E-state index < -0.39 is 0 Å². The maximum Gasteiger partial charge on any atom is 0.192 e. The van der Waals surface area contributed by atoms with Gasteiger partial charge in [0.1, 0.15) is 0 Å². The number of carbonyl (C=O) groups excluding carboxylic acids is 1. The van der Waals surface area contributed by atoms with Gasteiger partial charge in [0, 0.05) is 22.2 Å². The third-order valence-corrected chi connectivity index (χ3v) is 6.71. The van der Waals surface area contributed by atoms with Crippen LogP contribution < -0.4 is 0 Å². The van der Waals surface area contributed by atoms with E-state index in [0.29, 0.717) is 12.3 Å². The van der Waals surface area contributed by atoms with Gasteiger partial charge in [-0.2, -0.15) is 0 Å². The monoisotopic (exact) mass is 447 g/mol. The second-order valence-electron chi connectivity index (χ2n) is 8.18. The third kappa shape index (κ3) is 4.49. The molecule has 32 heavy (non-hydrogen) atoms. The Balaban J connectivity index is 1.62. The number of rotatable bonds is 9. The van der Waals surface area contributed by atoms with Crippen LogP contribution in [-0.4, -0.2) is 50.3 Å². The summed E-state index contributed by atoms with van der Waals surface area (Å²) in [6.45, 7) is 4.79. The number of ketones is 1. The highest BCUT2D eigenvalue weighted by Gasteiger charge is 2.23. The van der Waals surface area contributed by atoms with Gasteiger partial charge in [-0.05, 0) is 39.1 Å². The summed E-state index contributed by atoms with van der Waals surface area (Å²) < 4.78 is 2.16. The molecule has 0 radical (unpaired) electrons. The number of aromatic amines is 1. The first-order chi connectivity index (χ1) is 15.5. The van der Waals surface area contributed by atoms with Crippen LogP contribution in [0.15, 0.2) is 59.8 Å². The van der Waals surface area contributed by atoms with Crippen molar-refractivity contribution < 1.29 is 4.79 Å². The molecule has 1 atom stereocenters. The van der Waals surface area contributed by atoms with Gasteiger partial charge in [-0.3, -0.25) is 9.69 Å². The highest BCUT2D eigenvalue weighted by atomic mass is 32.2. The van der Waals surface area contributed by atoms with Gasteiger partial charge in [0.05, 0.1) is 18.3 Å². The molecule has 0 saturated carbocycles. The van der Waals surface area contributed by atoms with E-state index in [9.17, 15) is 4.79 Å². The fraction of sp³-hybridized carbons (Fsp3) is 0.320. The Morgan fingerprint density at radius 1 is 1.09 bits per heavy atom. The summed E-state index contributed by atoms with van der Waals surface area (Å²) in [4.78, 5) is 18.7. The molecule has 2 aromatic carbocycles. The van der Waals surface area contributed by atoms with Crippen LogP contribution in [0.1, 0.15) is 46.8 Å². The molecule has 2 heterocycles. The molecule has 2 aromatic heterocycles. The third-order valence-electron chi connectivity index (χ3n) is 5.74. The number of aromatic nitrogens is 4. The highest BCUT2D eigenvalue weighted by molar-refractivity contribution is 7.99. The van der Waals surface area contributed by atoms with E-state index in [-0.39, 0.29) is 11.8 Å². The lowest BCUT2D eigenvalue weighted by atomic mass is 10.1. The van der Waals surface area contributed by atoms with Crippen molar-refractivity contribution in [2.24, 2.45) is 0 Å². The van der Waals surface area contributed by atoms with Gasteiger partial charge in [-0.1, -0.05) is 67.2 Å². The van der Waals surface area contributed by atoms with E-state index in [2.05, 4.69) is 57.8 Å². The second kappa shape index (κ2) is 9.71. The Bertz CT molecular complexity index is 1210. The molecule has 4 aromatic rings.